The molecule has 0 spiro atoms. The molecular formula is C18H27ClN2O2. The number of nitrogens with one attached hydrogen (secondary N) is 1. The molecule has 2 unspecified atom stereocenters. The van der Waals surface area contributed by atoms with Crippen LogP contribution in [0.25, 0.3) is 0 Å². The highest BCUT2D eigenvalue weighted by molar-refractivity contribution is 6.31. The number of likely N-dealkylation sites (N-methyl/N-ethyl adjacent to an activating group) is 1. The quantitative estimate of drug-likeness (QED) is 0.835. The van der Waals surface area contributed by atoms with E-state index >= 15 is 0 Å². The number of hydrogen-bond donors (Lipinski definition) is 1. The van der Waals surface area contributed by atoms with Crippen LogP contribution in [0.4, 0.5) is 5.69 Å². The summed E-state index contributed by atoms with van der Waals surface area (Å²) in [6.45, 7) is 2.06. The zero-order chi connectivity index (χ0) is 16.8. The Balaban J connectivity index is 2.39. The smallest absolute Gasteiger partial charge is 0.253 e. The van der Waals surface area contributed by atoms with E-state index in [1.165, 1.54) is 12.8 Å². The van der Waals surface area contributed by atoms with Crippen LogP contribution in [0.5, 0.6) is 0 Å². The molecule has 2 rings (SSSR count). The molecule has 0 radical (unpaired) electrons. The van der Waals surface area contributed by atoms with Gasteiger partial charge in [0.25, 0.3) is 5.91 Å². The van der Waals surface area contributed by atoms with Crippen molar-refractivity contribution in [3.8, 4) is 0 Å². The van der Waals surface area contributed by atoms with Gasteiger partial charge in [-0.05, 0) is 50.6 Å². The molecule has 0 aromatic heterocycles. The Kier molecular flexibility index (Phi) is 6.88. The van der Waals surface area contributed by atoms with Gasteiger partial charge >= 0.3 is 0 Å². The monoisotopic (exact) mass is 338 g/mol. The number of rotatable bonds is 5. The number of methoxy groups -OCH3 is 1. The molecule has 4 nitrogen and oxygen atoms in total. The van der Waals surface area contributed by atoms with Crippen molar-refractivity contribution in [3.05, 3.63) is 28.8 Å². The van der Waals surface area contributed by atoms with Gasteiger partial charge in [0, 0.05) is 23.9 Å². The number of amides is 1. The van der Waals surface area contributed by atoms with Crippen molar-refractivity contribution < 1.29 is 9.53 Å². The first-order valence-electron chi connectivity index (χ1n) is 8.33. The molecule has 2 atom stereocenters. The Morgan fingerprint density at radius 1 is 1.35 bits per heavy atom. The van der Waals surface area contributed by atoms with Gasteiger partial charge in [0.2, 0.25) is 0 Å². The average molecular weight is 339 g/mol. The summed E-state index contributed by atoms with van der Waals surface area (Å²) in [5.41, 5.74) is 1.88. The fraction of sp³-hybridized carbons (Fsp3) is 0.611. The minimum absolute atomic E-state index is 0.00127. The molecule has 5 heteroatoms. The lowest BCUT2D eigenvalue weighted by molar-refractivity contribution is -0.122. The summed E-state index contributed by atoms with van der Waals surface area (Å²) in [6, 6.07) is 6.23. The van der Waals surface area contributed by atoms with Crippen LogP contribution >= 0.6 is 11.6 Å². The summed E-state index contributed by atoms with van der Waals surface area (Å²) < 4.78 is 5.11. The van der Waals surface area contributed by atoms with Gasteiger partial charge in [0.05, 0.1) is 6.04 Å². The number of ether oxygens (including phenoxy) is 1. The summed E-state index contributed by atoms with van der Waals surface area (Å²) in [5.74, 6) is 0.00127. The summed E-state index contributed by atoms with van der Waals surface area (Å²) in [7, 11) is 3.54. The molecule has 1 N–H and O–H groups in total. The summed E-state index contributed by atoms with van der Waals surface area (Å²) >= 11 is 6.15. The molecule has 0 saturated heterocycles. The molecule has 0 heterocycles. The van der Waals surface area contributed by atoms with Crippen LogP contribution in [0, 0.1) is 6.92 Å². The number of nitrogens with zero attached hydrogens (tertiary/aromatic N) is 1. The molecule has 128 valence electrons. The number of benzene rings is 1. The third-order valence-electron chi connectivity index (χ3n) is 4.64. The highest BCUT2D eigenvalue weighted by Crippen LogP contribution is 2.29. The Bertz CT molecular complexity index is 536. The molecule has 1 aliphatic carbocycles. The van der Waals surface area contributed by atoms with Crippen LogP contribution in [-0.4, -0.2) is 38.8 Å². The second kappa shape index (κ2) is 8.67. The van der Waals surface area contributed by atoms with Crippen LogP contribution in [0.3, 0.4) is 0 Å². The Hall–Kier alpha value is -1.10. The van der Waals surface area contributed by atoms with Gasteiger partial charge in [0.15, 0.2) is 0 Å². The van der Waals surface area contributed by atoms with Crippen LogP contribution in [0.2, 0.25) is 5.02 Å². The van der Waals surface area contributed by atoms with Gasteiger partial charge in [-0.15, -0.1) is 0 Å². The van der Waals surface area contributed by atoms with E-state index in [1.807, 2.05) is 37.1 Å². The van der Waals surface area contributed by atoms with Crippen molar-refractivity contribution in [3.63, 3.8) is 0 Å². The molecule has 1 saturated carbocycles. The number of hydrogen-bond acceptors (Lipinski definition) is 3. The van der Waals surface area contributed by atoms with E-state index in [0.29, 0.717) is 6.04 Å². The largest absolute Gasteiger partial charge is 0.375 e. The number of carbonyl (C=O) groups is 1. The van der Waals surface area contributed by atoms with Crippen molar-refractivity contribution in [1.82, 2.24) is 5.32 Å². The van der Waals surface area contributed by atoms with Crippen LogP contribution in [0.15, 0.2) is 18.2 Å². The predicted octanol–water partition coefficient (Wildman–Crippen LogP) is 3.55. The van der Waals surface area contributed by atoms with E-state index in [9.17, 15) is 4.79 Å². The lowest BCUT2D eigenvalue weighted by atomic mass is 10.00. The minimum Gasteiger partial charge on any atom is -0.375 e. The molecule has 1 aliphatic rings. The number of anilines is 1. The van der Waals surface area contributed by atoms with Gasteiger partial charge < -0.3 is 15.0 Å². The number of carbonyl (C=O) groups excluding carboxylic acids is 1. The van der Waals surface area contributed by atoms with E-state index < -0.39 is 0 Å². The van der Waals surface area contributed by atoms with Gasteiger partial charge in [-0.25, -0.2) is 0 Å². The lowest BCUT2D eigenvalue weighted by Crippen LogP contribution is -2.52. The van der Waals surface area contributed by atoms with Gasteiger partial charge in [-0.3, -0.25) is 4.79 Å². The molecule has 23 heavy (non-hydrogen) atoms. The minimum atomic E-state index is 0.00127. The molecule has 1 aromatic carbocycles. The van der Waals surface area contributed by atoms with E-state index in [0.717, 1.165) is 35.5 Å². The van der Waals surface area contributed by atoms with Gasteiger partial charge in [-0.1, -0.05) is 30.9 Å². The van der Waals surface area contributed by atoms with E-state index in [-0.39, 0.29) is 18.6 Å². The molecule has 1 fully saturated rings. The molecular weight excluding hydrogens is 312 g/mol. The maximum atomic E-state index is 12.8. The second-order valence-corrected chi connectivity index (χ2v) is 6.64. The fourth-order valence-electron chi connectivity index (χ4n) is 3.43. The van der Waals surface area contributed by atoms with Crippen molar-refractivity contribution in [2.45, 2.75) is 51.1 Å². The summed E-state index contributed by atoms with van der Waals surface area (Å²) in [5, 5.41) is 4.13. The maximum absolute atomic E-state index is 12.8. The summed E-state index contributed by atoms with van der Waals surface area (Å²) in [6.07, 6.45) is 5.66. The normalized spacial score (nSPS) is 21.7. The first kappa shape index (κ1) is 18.2. The van der Waals surface area contributed by atoms with E-state index in [2.05, 4.69) is 5.32 Å². The number of halogens is 1. The Morgan fingerprint density at radius 2 is 2.09 bits per heavy atom. The molecule has 1 aromatic rings. The van der Waals surface area contributed by atoms with Crippen LogP contribution in [0.1, 0.15) is 37.7 Å². The second-order valence-electron chi connectivity index (χ2n) is 6.23. The van der Waals surface area contributed by atoms with Crippen molar-refractivity contribution in [2.75, 3.05) is 25.7 Å². The average Bonchev–Trinajstić information content (AvgIpc) is 2.77. The van der Waals surface area contributed by atoms with E-state index in [1.54, 1.807) is 7.11 Å². The predicted molar refractivity (Wildman–Crippen MR) is 95.3 cm³/mol. The topological polar surface area (TPSA) is 41.6 Å². The van der Waals surface area contributed by atoms with Gasteiger partial charge in [0.1, 0.15) is 6.61 Å². The zero-order valence-corrected chi connectivity index (χ0v) is 15.0. The van der Waals surface area contributed by atoms with Crippen molar-refractivity contribution in [1.29, 1.82) is 0 Å². The highest BCUT2D eigenvalue weighted by atomic mass is 35.5. The standard InChI is InChI=1S/C18H27ClN2O2/c1-13-11-14(9-10-15(13)19)21(18(22)12-23-3)17-8-6-4-5-7-16(17)20-2/h9-11,16-17,20H,4-8,12H2,1-3H3. The first-order chi connectivity index (χ1) is 11.1. The molecule has 0 bridgehead atoms. The zero-order valence-electron chi connectivity index (χ0n) is 14.3. The molecule has 0 aliphatic heterocycles. The first-order valence-corrected chi connectivity index (χ1v) is 8.70. The Morgan fingerprint density at radius 3 is 2.74 bits per heavy atom. The molecule has 1 amide bonds. The fourth-order valence-corrected chi connectivity index (χ4v) is 3.54. The van der Waals surface area contributed by atoms with Crippen molar-refractivity contribution >= 4 is 23.2 Å². The SMILES string of the molecule is CNC1CCCCCC1N(C(=O)COC)c1ccc(Cl)c(C)c1. The lowest BCUT2D eigenvalue weighted by Gasteiger charge is -2.36. The van der Waals surface area contributed by atoms with Crippen LogP contribution in [-0.2, 0) is 9.53 Å². The van der Waals surface area contributed by atoms with E-state index in [4.69, 9.17) is 16.3 Å². The Labute approximate surface area is 144 Å². The third kappa shape index (κ3) is 4.46. The van der Waals surface area contributed by atoms with Crippen LogP contribution < -0.4 is 10.2 Å². The van der Waals surface area contributed by atoms with Crippen molar-refractivity contribution in [2.24, 2.45) is 0 Å². The number of aryl methyl sites for hydroxylation is 1. The van der Waals surface area contributed by atoms with Gasteiger partial charge in [-0.2, -0.15) is 0 Å². The summed E-state index contributed by atoms with van der Waals surface area (Å²) in [4.78, 5) is 14.7. The third-order valence-corrected chi connectivity index (χ3v) is 5.06. The highest BCUT2D eigenvalue weighted by Gasteiger charge is 2.32. The maximum Gasteiger partial charge on any atom is 0.253 e.